The molecule has 5 nitrogen and oxygen atoms in total. The van der Waals surface area contributed by atoms with Crippen LogP contribution in [-0.2, 0) is 9.59 Å². The van der Waals surface area contributed by atoms with Crippen molar-refractivity contribution in [2.45, 2.75) is 65.1 Å². The number of allylic oxidation sites excluding steroid dienone is 1. The fourth-order valence-corrected chi connectivity index (χ4v) is 3.06. The molecule has 1 fully saturated rings. The molecule has 0 saturated heterocycles. The van der Waals surface area contributed by atoms with Gasteiger partial charge in [-0.3, -0.25) is 4.79 Å². The van der Waals surface area contributed by atoms with Crippen molar-refractivity contribution in [2.75, 3.05) is 13.1 Å². The minimum atomic E-state index is -4.78. The van der Waals surface area contributed by atoms with Crippen LogP contribution in [0, 0.1) is 10.8 Å². The lowest BCUT2D eigenvalue weighted by molar-refractivity contribution is -0.131. The number of hydrogen-bond acceptors (Lipinski definition) is 4. The molecule has 8 heteroatoms. The average Bonchev–Trinajstić information content (AvgIpc) is 2.53. The SMILES string of the molecule is CC(C)(C)CN(CC=O)C(=O)/C(C=N)=C(/NC1CCCCC1)C(F)(F)F. The zero-order valence-corrected chi connectivity index (χ0v) is 15.6. The van der Waals surface area contributed by atoms with Crippen molar-refractivity contribution >= 4 is 18.4 Å². The van der Waals surface area contributed by atoms with E-state index >= 15 is 0 Å². The van der Waals surface area contributed by atoms with Gasteiger partial charge in [0.05, 0.1) is 12.1 Å². The Bertz CT molecular complexity index is 545. The Kier molecular flexibility index (Phi) is 7.84. The smallest absolute Gasteiger partial charge is 0.378 e. The summed E-state index contributed by atoms with van der Waals surface area (Å²) in [7, 11) is 0. The zero-order chi connectivity index (χ0) is 20.0. The molecule has 0 atom stereocenters. The number of alkyl halides is 3. The molecule has 0 aromatic heterocycles. The van der Waals surface area contributed by atoms with Gasteiger partial charge in [-0.05, 0) is 18.3 Å². The summed E-state index contributed by atoms with van der Waals surface area (Å²) in [5.74, 6) is -0.961. The van der Waals surface area contributed by atoms with Gasteiger partial charge in [-0.25, -0.2) is 0 Å². The number of nitrogens with zero attached hydrogens (tertiary/aromatic N) is 1. The molecule has 1 aliphatic rings. The first-order valence-corrected chi connectivity index (χ1v) is 8.81. The predicted octanol–water partition coefficient (Wildman–Crippen LogP) is 3.45. The van der Waals surface area contributed by atoms with Crippen LogP contribution in [0.1, 0.15) is 52.9 Å². The van der Waals surface area contributed by atoms with E-state index in [1.54, 1.807) is 0 Å². The fourth-order valence-electron chi connectivity index (χ4n) is 3.06. The summed E-state index contributed by atoms with van der Waals surface area (Å²) in [5.41, 5.74) is -2.34. The van der Waals surface area contributed by atoms with Crippen molar-refractivity contribution in [3.63, 3.8) is 0 Å². The highest BCUT2D eigenvalue weighted by molar-refractivity contribution is 6.12. The number of halogens is 3. The molecule has 0 unspecified atom stereocenters. The van der Waals surface area contributed by atoms with Crippen LogP contribution in [-0.4, -0.2) is 48.6 Å². The Hall–Kier alpha value is -1.86. The maximum atomic E-state index is 13.6. The van der Waals surface area contributed by atoms with Gasteiger partial charge in [0.1, 0.15) is 12.0 Å². The molecule has 0 bridgehead atoms. The van der Waals surface area contributed by atoms with Crippen molar-refractivity contribution in [1.82, 2.24) is 10.2 Å². The normalized spacial score (nSPS) is 17.3. The summed E-state index contributed by atoms with van der Waals surface area (Å²) >= 11 is 0. The molecule has 148 valence electrons. The maximum Gasteiger partial charge on any atom is 0.431 e. The van der Waals surface area contributed by atoms with E-state index in [-0.39, 0.29) is 19.1 Å². The Balaban J connectivity index is 3.23. The van der Waals surface area contributed by atoms with Crippen LogP contribution >= 0.6 is 0 Å². The number of aldehydes is 1. The van der Waals surface area contributed by atoms with Crippen molar-refractivity contribution in [3.8, 4) is 0 Å². The van der Waals surface area contributed by atoms with E-state index in [0.717, 1.165) is 24.2 Å². The van der Waals surface area contributed by atoms with Gasteiger partial charge in [0, 0.05) is 18.8 Å². The van der Waals surface area contributed by atoms with E-state index in [4.69, 9.17) is 5.41 Å². The summed E-state index contributed by atoms with van der Waals surface area (Å²) < 4.78 is 40.8. The minimum absolute atomic E-state index is 0.108. The van der Waals surface area contributed by atoms with Gasteiger partial charge in [0.25, 0.3) is 5.91 Å². The Morgan fingerprint density at radius 1 is 1.19 bits per heavy atom. The molecule has 0 aliphatic heterocycles. The van der Waals surface area contributed by atoms with Crippen LogP contribution in [0.3, 0.4) is 0 Å². The Morgan fingerprint density at radius 3 is 2.19 bits per heavy atom. The van der Waals surface area contributed by atoms with Crippen molar-refractivity contribution in [1.29, 1.82) is 5.41 Å². The number of rotatable bonds is 7. The van der Waals surface area contributed by atoms with Gasteiger partial charge in [0.15, 0.2) is 0 Å². The van der Waals surface area contributed by atoms with Gasteiger partial charge in [-0.1, -0.05) is 40.0 Å². The molecule has 26 heavy (non-hydrogen) atoms. The second kappa shape index (κ2) is 9.19. The van der Waals surface area contributed by atoms with Crippen LogP contribution in [0.2, 0.25) is 0 Å². The number of hydrogen-bond donors (Lipinski definition) is 2. The highest BCUT2D eigenvalue weighted by Crippen LogP contribution is 2.29. The molecule has 0 radical (unpaired) electrons. The van der Waals surface area contributed by atoms with Gasteiger partial charge >= 0.3 is 6.18 Å². The molecular weight excluding hydrogens is 347 g/mol. The molecule has 1 aliphatic carbocycles. The largest absolute Gasteiger partial charge is 0.431 e. The third kappa shape index (κ3) is 6.80. The molecule has 1 saturated carbocycles. The number of carbonyl (C=O) groups excluding carboxylic acids is 2. The predicted molar refractivity (Wildman–Crippen MR) is 94.0 cm³/mol. The summed E-state index contributed by atoms with van der Waals surface area (Å²) in [6, 6.07) is -0.370. The molecule has 0 spiro atoms. The number of amides is 1. The molecular formula is C18H28F3N3O2. The third-order valence-corrected chi connectivity index (χ3v) is 4.13. The summed E-state index contributed by atoms with van der Waals surface area (Å²) in [5, 5.41) is 9.87. The summed E-state index contributed by atoms with van der Waals surface area (Å²) in [6.45, 7) is 5.24. The number of nitrogens with one attached hydrogen (secondary N) is 2. The lowest BCUT2D eigenvalue weighted by atomic mass is 9.94. The van der Waals surface area contributed by atoms with Crippen LogP contribution in [0.15, 0.2) is 11.3 Å². The summed E-state index contributed by atoms with van der Waals surface area (Å²) in [6.07, 6.45) is -0.0323. The van der Waals surface area contributed by atoms with Gasteiger partial charge < -0.3 is 20.4 Å². The molecule has 2 N–H and O–H groups in total. The first-order valence-electron chi connectivity index (χ1n) is 8.81. The van der Waals surface area contributed by atoms with E-state index in [2.05, 4.69) is 5.32 Å². The maximum absolute atomic E-state index is 13.6. The zero-order valence-electron chi connectivity index (χ0n) is 15.6. The second-order valence-corrected chi connectivity index (χ2v) is 7.82. The van der Waals surface area contributed by atoms with Crippen molar-refractivity contribution < 1.29 is 22.8 Å². The quantitative estimate of drug-likeness (QED) is 0.407. The Morgan fingerprint density at radius 2 is 1.77 bits per heavy atom. The molecule has 0 heterocycles. The average molecular weight is 375 g/mol. The standard InChI is InChI=1S/C18H28F3N3O2/c1-17(2,3)12-24(9-10-25)16(26)14(11-22)15(18(19,20)21)23-13-7-5-4-6-8-13/h10-11,13,22-23H,4-9,12H2,1-3H3/b15-14+,22-11?. The van der Waals surface area contributed by atoms with E-state index in [1.807, 2.05) is 20.8 Å². The van der Waals surface area contributed by atoms with Crippen LogP contribution in [0.4, 0.5) is 13.2 Å². The molecule has 0 aromatic rings. The highest BCUT2D eigenvalue weighted by Gasteiger charge is 2.40. The lowest BCUT2D eigenvalue weighted by Gasteiger charge is -2.31. The lowest BCUT2D eigenvalue weighted by Crippen LogP contribution is -2.43. The van der Waals surface area contributed by atoms with Gasteiger partial charge in [0.2, 0.25) is 0 Å². The third-order valence-electron chi connectivity index (χ3n) is 4.13. The molecule has 1 amide bonds. The van der Waals surface area contributed by atoms with Crippen LogP contribution in [0.5, 0.6) is 0 Å². The monoisotopic (exact) mass is 375 g/mol. The van der Waals surface area contributed by atoms with Crippen LogP contribution in [0.25, 0.3) is 0 Å². The summed E-state index contributed by atoms with van der Waals surface area (Å²) in [4.78, 5) is 24.6. The first-order chi connectivity index (χ1) is 12.0. The minimum Gasteiger partial charge on any atom is -0.378 e. The van der Waals surface area contributed by atoms with Crippen molar-refractivity contribution in [2.24, 2.45) is 5.41 Å². The Labute approximate surface area is 152 Å². The first kappa shape index (κ1) is 22.2. The van der Waals surface area contributed by atoms with E-state index < -0.39 is 28.8 Å². The van der Waals surface area contributed by atoms with Crippen LogP contribution < -0.4 is 5.32 Å². The van der Waals surface area contributed by atoms with E-state index in [9.17, 15) is 22.8 Å². The number of carbonyl (C=O) groups is 2. The van der Waals surface area contributed by atoms with E-state index in [0.29, 0.717) is 25.3 Å². The second-order valence-electron chi connectivity index (χ2n) is 7.82. The fraction of sp³-hybridized carbons (Fsp3) is 0.722. The topological polar surface area (TPSA) is 73.3 Å². The van der Waals surface area contributed by atoms with Gasteiger partial charge in [-0.2, -0.15) is 13.2 Å². The molecule has 1 rings (SSSR count). The molecule has 0 aromatic carbocycles. The van der Waals surface area contributed by atoms with E-state index in [1.165, 1.54) is 0 Å². The van der Waals surface area contributed by atoms with Crippen molar-refractivity contribution in [3.05, 3.63) is 11.3 Å². The van der Waals surface area contributed by atoms with Gasteiger partial charge in [-0.15, -0.1) is 0 Å². The highest BCUT2D eigenvalue weighted by atomic mass is 19.4.